The van der Waals surface area contributed by atoms with Crippen molar-refractivity contribution in [1.29, 1.82) is 0 Å². The fourth-order valence-corrected chi connectivity index (χ4v) is 3.07. The molecule has 1 aromatic rings. The van der Waals surface area contributed by atoms with E-state index in [1.54, 1.807) is 18.2 Å². The maximum atomic E-state index is 11.9. The normalized spacial score (nSPS) is 13.0. The van der Waals surface area contributed by atoms with Gasteiger partial charge in [-0.15, -0.1) is 0 Å². The molecule has 5 heteroatoms. The van der Waals surface area contributed by atoms with Crippen molar-refractivity contribution >= 4 is 32.4 Å². The van der Waals surface area contributed by atoms with Gasteiger partial charge in [0.25, 0.3) is 0 Å². The van der Waals surface area contributed by atoms with E-state index < -0.39 is 10.8 Å². The van der Waals surface area contributed by atoms with E-state index in [9.17, 15) is 4.21 Å². The lowest BCUT2D eigenvalue weighted by molar-refractivity contribution is 0.0916. The van der Waals surface area contributed by atoms with Gasteiger partial charge in [-0.05, 0) is 48.0 Å². The standard InChI is InChI=1S/C11H16BrNO2S/c1-8(2)15-5-6-16(14)11-4-3-9(13)7-10(11)12/h3-4,7-8H,5-6,13H2,1-2H3. The van der Waals surface area contributed by atoms with Gasteiger partial charge in [-0.2, -0.15) is 0 Å². The zero-order chi connectivity index (χ0) is 12.1. The minimum absolute atomic E-state index is 0.173. The number of rotatable bonds is 5. The fourth-order valence-electron chi connectivity index (χ4n) is 1.17. The molecule has 90 valence electrons. The summed E-state index contributed by atoms with van der Waals surface area (Å²) in [7, 11) is -1.05. The summed E-state index contributed by atoms with van der Waals surface area (Å²) in [5.41, 5.74) is 6.27. The van der Waals surface area contributed by atoms with E-state index in [0.29, 0.717) is 18.0 Å². The van der Waals surface area contributed by atoms with E-state index in [1.807, 2.05) is 13.8 Å². The first-order chi connectivity index (χ1) is 7.50. The smallest absolute Gasteiger partial charge is 0.0588 e. The predicted molar refractivity (Wildman–Crippen MR) is 70.9 cm³/mol. The number of hydrogen-bond acceptors (Lipinski definition) is 3. The third-order valence-corrected chi connectivity index (χ3v) is 4.22. The number of hydrogen-bond donors (Lipinski definition) is 1. The Hall–Kier alpha value is -0.390. The highest BCUT2D eigenvalue weighted by Gasteiger charge is 2.08. The highest BCUT2D eigenvalue weighted by atomic mass is 79.9. The molecule has 0 aromatic heterocycles. The number of anilines is 1. The van der Waals surface area contributed by atoms with Crippen molar-refractivity contribution in [3.8, 4) is 0 Å². The molecule has 1 aromatic carbocycles. The Kier molecular flexibility index (Phi) is 5.44. The molecule has 0 saturated heterocycles. The molecule has 0 aliphatic rings. The summed E-state index contributed by atoms with van der Waals surface area (Å²) in [5.74, 6) is 0.501. The van der Waals surface area contributed by atoms with Crippen molar-refractivity contribution in [2.24, 2.45) is 0 Å². The van der Waals surface area contributed by atoms with Crippen molar-refractivity contribution < 1.29 is 8.95 Å². The van der Waals surface area contributed by atoms with Crippen LogP contribution in [0.2, 0.25) is 0 Å². The van der Waals surface area contributed by atoms with Crippen LogP contribution in [0.5, 0.6) is 0 Å². The molecule has 0 fully saturated rings. The van der Waals surface area contributed by atoms with E-state index in [1.165, 1.54) is 0 Å². The Bertz CT molecular complexity index is 382. The number of halogens is 1. The van der Waals surface area contributed by atoms with Gasteiger partial charge in [0.15, 0.2) is 0 Å². The molecule has 0 bridgehead atoms. The molecule has 16 heavy (non-hydrogen) atoms. The fraction of sp³-hybridized carbons (Fsp3) is 0.455. The third-order valence-electron chi connectivity index (χ3n) is 1.92. The molecule has 1 unspecified atom stereocenters. The minimum Gasteiger partial charge on any atom is -0.399 e. The summed E-state index contributed by atoms with van der Waals surface area (Å²) in [6, 6.07) is 5.29. The lowest BCUT2D eigenvalue weighted by atomic mass is 10.3. The van der Waals surface area contributed by atoms with Crippen LogP contribution in [0.3, 0.4) is 0 Å². The van der Waals surface area contributed by atoms with Gasteiger partial charge in [-0.3, -0.25) is 4.21 Å². The summed E-state index contributed by atoms with van der Waals surface area (Å²) in [4.78, 5) is 0.765. The van der Waals surface area contributed by atoms with Gasteiger partial charge in [0.05, 0.1) is 34.2 Å². The van der Waals surface area contributed by atoms with Crippen LogP contribution < -0.4 is 5.73 Å². The van der Waals surface area contributed by atoms with Gasteiger partial charge in [0.2, 0.25) is 0 Å². The lowest BCUT2D eigenvalue weighted by Gasteiger charge is -2.08. The van der Waals surface area contributed by atoms with Crippen molar-refractivity contribution in [3.63, 3.8) is 0 Å². The van der Waals surface area contributed by atoms with Crippen molar-refractivity contribution in [2.45, 2.75) is 24.8 Å². The molecule has 0 radical (unpaired) electrons. The summed E-state index contributed by atoms with van der Waals surface area (Å²) < 4.78 is 18.1. The molecular formula is C11H16BrNO2S. The van der Waals surface area contributed by atoms with E-state index in [-0.39, 0.29) is 6.10 Å². The minimum atomic E-state index is -1.05. The van der Waals surface area contributed by atoms with Gasteiger partial charge < -0.3 is 10.5 Å². The molecule has 0 amide bonds. The Balaban J connectivity index is 2.59. The zero-order valence-corrected chi connectivity index (χ0v) is 11.8. The quantitative estimate of drug-likeness (QED) is 0.851. The molecular weight excluding hydrogens is 290 g/mol. The second-order valence-electron chi connectivity index (χ2n) is 3.66. The number of ether oxygens (including phenoxy) is 1. The molecule has 0 aliphatic heterocycles. The van der Waals surface area contributed by atoms with Gasteiger partial charge >= 0.3 is 0 Å². The number of nitrogen functional groups attached to an aromatic ring is 1. The Morgan fingerprint density at radius 3 is 2.75 bits per heavy atom. The van der Waals surface area contributed by atoms with Crippen LogP contribution >= 0.6 is 15.9 Å². The first-order valence-electron chi connectivity index (χ1n) is 5.05. The van der Waals surface area contributed by atoms with Crippen LogP contribution in [0, 0.1) is 0 Å². The molecule has 2 N–H and O–H groups in total. The maximum Gasteiger partial charge on any atom is 0.0588 e. The van der Waals surface area contributed by atoms with Gasteiger partial charge in [-0.1, -0.05) is 0 Å². The van der Waals surface area contributed by atoms with E-state index in [4.69, 9.17) is 10.5 Å². The highest BCUT2D eigenvalue weighted by molar-refractivity contribution is 9.10. The van der Waals surface area contributed by atoms with Crippen LogP contribution in [-0.2, 0) is 15.5 Å². The van der Waals surface area contributed by atoms with Crippen LogP contribution in [0.15, 0.2) is 27.6 Å². The molecule has 1 atom stereocenters. The van der Waals surface area contributed by atoms with Crippen molar-refractivity contribution in [3.05, 3.63) is 22.7 Å². The van der Waals surface area contributed by atoms with Gasteiger partial charge in [0, 0.05) is 10.2 Å². The van der Waals surface area contributed by atoms with Crippen LogP contribution in [-0.4, -0.2) is 22.7 Å². The Morgan fingerprint density at radius 1 is 1.50 bits per heavy atom. The average Bonchev–Trinajstić information content (AvgIpc) is 2.16. The highest BCUT2D eigenvalue weighted by Crippen LogP contribution is 2.23. The first kappa shape index (κ1) is 13.7. The van der Waals surface area contributed by atoms with Crippen LogP contribution in [0.4, 0.5) is 5.69 Å². The second-order valence-corrected chi connectivity index (χ2v) is 6.05. The monoisotopic (exact) mass is 305 g/mol. The SMILES string of the molecule is CC(C)OCCS(=O)c1ccc(N)cc1Br. The lowest BCUT2D eigenvalue weighted by Crippen LogP contribution is -2.11. The topological polar surface area (TPSA) is 52.3 Å². The van der Waals surface area contributed by atoms with Crippen molar-refractivity contribution in [2.75, 3.05) is 18.1 Å². The zero-order valence-electron chi connectivity index (χ0n) is 9.40. The summed E-state index contributed by atoms with van der Waals surface area (Å²) in [6.45, 7) is 4.42. The van der Waals surface area contributed by atoms with E-state index in [0.717, 1.165) is 9.37 Å². The molecule has 0 saturated carbocycles. The third kappa shape index (κ3) is 4.23. The molecule has 0 spiro atoms. The second kappa shape index (κ2) is 6.37. The molecule has 0 heterocycles. The van der Waals surface area contributed by atoms with E-state index >= 15 is 0 Å². The van der Waals surface area contributed by atoms with Crippen molar-refractivity contribution in [1.82, 2.24) is 0 Å². The summed E-state index contributed by atoms with van der Waals surface area (Å²) >= 11 is 3.35. The summed E-state index contributed by atoms with van der Waals surface area (Å²) in [6.07, 6.45) is 0.173. The summed E-state index contributed by atoms with van der Waals surface area (Å²) in [5, 5.41) is 0. The molecule has 3 nitrogen and oxygen atoms in total. The van der Waals surface area contributed by atoms with Crippen LogP contribution in [0.1, 0.15) is 13.8 Å². The Morgan fingerprint density at radius 2 is 2.19 bits per heavy atom. The number of benzene rings is 1. The van der Waals surface area contributed by atoms with Gasteiger partial charge in [-0.25, -0.2) is 0 Å². The average molecular weight is 306 g/mol. The molecule has 1 rings (SSSR count). The largest absolute Gasteiger partial charge is 0.399 e. The maximum absolute atomic E-state index is 11.9. The van der Waals surface area contributed by atoms with E-state index in [2.05, 4.69) is 15.9 Å². The predicted octanol–water partition coefficient (Wildman–Crippen LogP) is 2.56. The van der Waals surface area contributed by atoms with Gasteiger partial charge in [0.1, 0.15) is 0 Å². The Labute approximate surface area is 107 Å². The number of nitrogens with two attached hydrogens (primary N) is 1. The van der Waals surface area contributed by atoms with Crippen LogP contribution in [0.25, 0.3) is 0 Å². The molecule has 0 aliphatic carbocycles. The first-order valence-corrected chi connectivity index (χ1v) is 7.17.